The number of halogens is 2. The molecule has 1 amide bonds. The molecule has 1 N–H and O–H groups in total. The van der Waals surface area contributed by atoms with Gasteiger partial charge in [-0.2, -0.15) is 0 Å². The van der Waals surface area contributed by atoms with Gasteiger partial charge in [-0.1, -0.05) is 29.3 Å². The fourth-order valence-corrected chi connectivity index (χ4v) is 6.40. The molecule has 0 saturated heterocycles. The topological polar surface area (TPSA) is 29.1 Å². The maximum atomic E-state index is 12.4. The number of amides is 1. The van der Waals surface area contributed by atoms with E-state index in [0.717, 1.165) is 23.3 Å². The van der Waals surface area contributed by atoms with E-state index in [9.17, 15) is 4.79 Å². The van der Waals surface area contributed by atoms with Crippen molar-refractivity contribution in [3.05, 3.63) is 39.9 Å². The molecule has 0 spiro atoms. The third-order valence-corrected chi connectivity index (χ3v) is 7.30. The van der Waals surface area contributed by atoms with E-state index in [4.69, 9.17) is 23.2 Å². The molecule has 25 heavy (non-hydrogen) atoms. The van der Waals surface area contributed by atoms with Crippen LogP contribution in [0.15, 0.2) is 24.3 Å². The van der Waals surface area contributed by atoms with E-state index < -0.39 is 0 Å². The van der Waals surface area contributed by atoms with Crippen molar-refractivity contribution in [2.75, 3.05) is 0 Å². The second kappa shape index (κ2) is 6.63. The molecule has 1 aromatic rings. The Balaban J connectivity index is 1.41. The highest BCUT2D eigenvalue weighted by Gasteiger charge is 2.53. The smallest absolute Gasteiger partial charge is 0.244 e. The molecule has 2 nitrogen and oxygen atoms in total. The van der Waals surface area contributed by atoms with Crippen molar-refractivity contribution in [2.24, 2.45) is 23.2 Å². The highest BCUT2D eigenvalue weighted by molar-refractivity contribution is 6.35. The van der Waals surface area contributed by atoms with Crippen molar-refractivity contribution in [1.82, 2.24) is 5.32 Å². The second-order valence-electron chi connectivity index (χ2n) is 8.51. The Morgan fingerprint density at radius 2 is 1.76 bits per heavy atom. The van der Waals surface area contributed by atoms with E-state index >= 15 is 0 Å². The minimum atomic E-state index is -0.0331. The van der Waals surface area contributed by atoms with Gasteiger partial charge in [0.15, 0.2) is 0 Å². The molecule has 0 radical (unpaired) electrons. The summed E-state index contributed by atoms with van der Waals surface area (Å²) in [7, 11) is 0. The first-order valence-corrected chi connectivity index (χ1v) is 10.1. The predicted molar refractivity (Wildman–Crippen MR) is 104 cm³/mol. The standard InChI is InChI=1S/C21H25Cl2NO/c1-13(21-10-14-6-15(11-21)8-16(7-14)12-21)24-20(25)5-3-17-2-4-18(22)9-19(17)23/h2-5,9,13-16H,6-8,10-12H2,1H3,(H,24,25)/b5-3+. The Bertz CT molecular complexity index is 677. The van der Waals surface area contributed by atoms with E-state index in [1.165, 1.54) is 38.5 Å². The lowest BCUT2D eigenvalue weighted by Crippen LogP contribution is -2.55. The Morgan fingerprint density at radius 3 is 2.32 bits per heavy atom. The van der Waals surface area contributed by atoms with Gasteiger partial charge in [0, 0.05) is 22.2 Å². The Kier molecular flexibility index (Phi) is 4.62. The average molecular weight is 378 g/mol. The zero-order valence-corrected chi connectivity index (χ0v) is 16.1. The number of carbonyl (C=O) groups excluding carboxylic acids is 1. The van der Waals surface area contributed by atoms with Crippen LogP contribution in [0.1, 0.15) is 51.0 Å². The van der Waals surface area contributed by atoms with E-state index in [0.29, 0.717) is 15.5 Å². The Morgan fingerprint density at radius 1 is 1.16 bits per heavy atom. The maximum absolute atomic E-state index is 12.4. The third kappa shape index (κ3) is 3.48. The third-order valence-electron chi connectivity index (χ3n) is 6.74. The summed E-state index contributed by atoms with van der Waals surface area (Å²) in [5, 5.41) is 4.40. The highest BCUT2D eigenvalue weighted by Crippen LogP contribution is 2.61. The summed E-state index contributed by atoms with van der Waals surface area (Å²) in [6.45, 7) is 2.20. The summed E-state index contributed by atoms with van der Waals surface area (Å²) in [5.41, 5.74) is 1.14. The van der Waals surface area contributed by atoms with Gasteiger partial charge in [-0.15, -0.1) is 0 Å². The van der Waals surface area contributed by atoms with E-state index in [1.54, 1.807) is 24.3 Å². The van der Waals surface area contributed by atoms with Crippen LogP contribution < -0.4 is 5.32 Å². The normalized spacial score (nSPS) is 34.4. The lowest BCUT2D eigenvalue weighted by molar-refractivity contribution is -0.121. The molecule has 1 unspecified atom stereocenters. The molecule has 0 aliphatic heterocycles. The highest BCUT2D eigenvalue weighted by atomic mass is 35.5. The number of hydrogen-bond acceptors (Lipinski definition) is 1. The zero-order chi connectivity index (χ0) is 17.6. The van der Waals surface area contributed by atoms with Crippen molar-refractivity contribution < 1.29 is 4.79 Å². The predicted octanol–water partition coefficient (Wildman–Crippen LogP) is 5.73. The molecule has 4 fully saturated rings. The van der Waals surface area contributed by atoms with Gasteiger partial charge in [0.25, 0.3) is 0 Å². The molecule has 0 heterocycles. The molecule has 0 aromatic heterocycles. The first-order valence-electron chi connectivity index (χ1n) is 9.37. The van der Waals surface area contributed by atoms with Gasteiger partial charge in [-0.05, 0) is 92.4 Å². The summed E-state index contributed by atoms with van der Waals surface area (Å²) in [5.74, 6) is 2.66. The SMILES string of the molecule is CC(NC(=O)/C=C/c1ccc(Cl)cc1Cl)C12CC3CC(CC(C3)C1)C2. The van der Waals surface area contributed by atoms with Crippen LogP contribution in [0.3, 0.4) is 0 Å². The van der Waals surface area contributed by atoms with Crippen LogP contribution in [0.4, 0.5) is 0 Å². The lowest BCUT2D eigenvalue weighted by Gasteiger charge is -2.59. The van der Waals surface area contributed by atoms with Gasteiger partial charge in [0.1, 0.15) is 0 Å². The molecule has 4 aliphatic rings. The van der Waals surface area contributed by atoms with Crippen LogP contribution in [0.2, 0.25) is 10.0 Å². The molecule has 1 aromatic carbocycles. The van der Waals surface area contributed by atoms with Gasteiger partial charge in [-0.3, -0.25) is 4.79 Å². The summed E-state index contributed by atoms with van der Waals surface area (Å²) >= 11 is 12.1. The second-order valence-corrected chi connectivity index (χ2v) is 9.35. The number of hydrogen-bond donors (Lipinski definition) is 1. The molecule has 4 aliphatic carbocycles. The van der Waals surface area contributed by atoms with Gasteiger partial charge in [0.05, 0.1) is 0 Å². The van der Waals surface area contributed by atoms with Gasteiger partial charge >= 0.3 is 0 Å². The van der Waals surface area contributed by atoms with Crippen LogP contribution in [-0.2, 0) is 4.79 Å². The van der Waals surface area contributed by atoms with Crippen LogP contribution in [-0.4, -0.2) is 11.9 Å². The van der Waals surface area contributed by atoms with Crippen LogP contribution >= 0.6 is 23.2 Å². The first kappa shape index (κ1) is 17.4. The number of nitrogens with one attached hydrogen (secondary N) is 1. The molecule has 4 saturated carbocycles. The molecular formula is C21H25Cl2NO. The summed E-state index contributed by atoms with van der Waals surface area (Å²) in [6, 6.07) is 5.54. The van der Waals surface area contributed by atoms with E-state index in [1.807, 2.05) is 6.07 Å². The summed E-state index contributed by atoms with van der Waals surface area (Å²) < 4.78 is 0. The quantitative estimate of drug-likeness (QED) is 0.667. The largest absolute Gasteiger partial charge is 0.350 e. The minimum absolute atomic E-state index is 0.0331. The molecular weight excluding hydrogens is 353 g/mol. The molecule has 5 rings (SSSR count). The number of carbonyl (C=O) groups is 1. The minimum Gasteiger partial charge on any atom is -0.350 e. The van der Waals surface area contributed by atoms with Crippen LogP contribution in [0.5, 0.6) is 0 Å². The van der Waals surface area contributed by atoms with Gasteiger partial charge < -0.3 is 5.32 Å². The average Bonchev–Trinajstić information content (AvgIpc) is 2.52. The zero-order valence-electron chi connectivity index (χ0n) is 14.6. The number of benzene rings is 1. The molecule has 4 bridgehead atoms. The summed E-state index contributed by atoms with van der Waals surface area (Å²) in [6.07, 6.45) is 11.5. The van der Waals surface area contributed by atoms with Crippen molar-refractivity contribution in [3.8, 4) is 0 Å². The first-order chi connectivity index (χ1) is 11.9. The van der Waals surface area contributed by atoms with Crippen molar-refractivity contribution in [1.29, 1.82) is 0 Å². The van der Waals surface area contributed by atoms with E-state index in [2.05, 4.69) is 12.2 Å². The maximum Gasteiger partial charge on any atom is 0.244 e. The van der Waals surface area contributed by atoms with Gasteiger partial charge in [0.2, 0.25) is 5.91 Å². The van der Waals surface area contributed by atoms with Crippen molar-refractivity contribution >= 4 is 35.2 Å². The Hall–Kier alpha value is -0.990. The molecule has 1 atom stereocenters. The summed E-state index contributed by atoms with van der Waals surface area (Å²) in [4.78, 5) is 12.4. The molecule has 134 valence electrons. The fraction of sp³-hybridized carbons (Fsp3) is 0.571. The van der Waals surface area contributed by atoms with Crippen LogP contribution in [0, 0.1) is 23.2 Å². The Labute approximate surface area is 160 Å². The fourth-order valence-electron chi connectivity index (χ4n) is 5.92. The monoisotopic (exact) mass is 377 g/mol. The lowest BCUT2D eigenvalue weighted by atomic mass is 9.48. The van der Waals surface area contributed by atoms with E-state index in [-0.39, 0.29) is 11.9 Å². The van der Waals surface area contributed by atoms with Gasteiger partial charge in [-0.25, -0.2) is 0 Å². The molecule has 4 heteroatoms. The van der Waals surface area contributed by atoms with Crippen molar-refractivity contribution in [3.63, 3.8) is 0 Å². The van der Waals surface area contributed by atoms with Crippen molar-refractivity contribution in [2.45, 2.75) is 51.5 Å². The van der Waals surface area contributed by atoms with Crippen LogP contribution in [0.25, 0.3) is 6.08 Å². The number of rotatable bonds is 4.